The fourth-order valence-electron chi connectivity index (χ4n) is 4.41. The number of amides is 2. The van der Waals surface area contributed by atoms with Crippen LogP contribution in [0.5, 0.6) is 0 Å². The first-order valence-electron chi connectivity index (χ1n) is 9.89. The number of benzene rings is 2. The number of hydrogen-bond acceptors (Lipinski definition) is 5. The molecule has 4 atom stereocenters. The number of nitrogens with zero attached hydrogens (tertiary/aromatic N) is 2. The minimum absolute atomic E-state index is 0.0346. The summed E-state index contributed by atoms with van der Waals surface area (Å²) in [5.41, 5.74) is 1.32. The number of rotatable bonds is 4. The fourth-order valence-corrected chi connectivity index (χ4v) is 4.41. The topological polar surface area (TPSA) is 97.1 Å². The zero-order valence-corrected chi connectivity index (χ0v) is 16.4. The maximum absolute atomic E-state index is 14.3. The van der Waals surface area contributed by atoms with E-state index in [1.54, 1.807) is 0 Å². The van der Waals surface area contributed by atoms with Crippen LogP contribution in [0.3, 0.4) is 0 Å². The molecule has 2 N–H and O–H groups in total. The minimum atomic E-state index is -0.938. The van der Waals surface area contributed by atoms with Crippen LogP contribution in [0.4, 0.5) is 14.5 Å². The van der Waals surface area contributed by atoms with E-state index in [-0.39, 0.29) is 35.2 Å². The lowest BCUT2D eigenvalue weighted by molar-refractivity contribution is -0.118. The van der Waals surface area contributed by atoms with E-state index in [0.717, 1.165) is 11.6 Å². The SMILES string of the molecule is C[C@H]1C2c3cc(F)cc(F)c3NC(=O)[C@@H](NC(=O)c3nnc(Cc4ccccc4)o3)C21. The van der Waals surface area contributed by atoms with Gasteiger partial charge in [-0.1, -0.05) is 37.3 Å². The van der Waals surface area contributed by atoms with Crippen LogP contribution in [0.25, 0.3) is 0 Å². The average molecular weight is 424 g/mol. The Bertz CT molecular complexity index is 1180. The summed E-state index contributed by atoms with van der Waals surface area (Å²) in [6.07, 6.45) is 0.368. The Hall–Kier alpha value is -3.62. The third-order valence-electron chi connectivity index (χ3n) is 5.95. The van der Waals surface area contributed by atoms with E-state index in [0.29, 0.717) is 12.0 Å². The molecule has 0 spiro atoms. The molecule has 2 amide bonds. The molecule has 0 radical (unpaired) electrons. The van der Waals surface area contributed by atoms with Gasteiger partial charge in [0.05, 0.1) is 12.1 Å². The van der Waals surface area contributed by atoms with Gasteiger partial charge in [-0.05, 0) is 34.9 Å². The molecule has 1 saturated carbocycles. The van der Waals surface area contributed by atoms with Crippen LogP contribution in [0.2, 0.25) is 0 Å². The van der Waals surface area contributed by atoms with Gasteiger partial charge in [0.2, 0.25) is 11.8 Å². The smallest absolute Gasteiger partial charge is 0.309 e. The molecule has 158 valence electrons. The fraction of sp³-hybridized carbons (Fsp3) is 0.273. The van der Waals surface area contributed by atoms with Crippen LogP contribution in [0, 0.1) is 23.5 Å². The molecule has 31 heavy (non-hydrogen) atoms. The standard InChI is InChI=1S/C22H18F2N4O3/c1-10-16-13-8-12(23)9-14(24)18(13)25-20(29)19(17(10)16)26-21(30)22-28-27-15(31-22)7-11-5-3-2-4-6-11/h2-6,8-10,16-17,19H,7H2,1H3,(H,25,29)(H,26,30)/t10-,16?,17?,19-/m0/s1. The van der Waals surface area contributed by atoms with Crippen LogP contribution < -0.4 is 10.6 Å². The lowest BCUT2D eigenvalue weighted by atomic mass is 10.0. The second-order valence-corrected chi connectivity index (χ2v) is 7.92. The largest absolute Gasteiger partial charge is 0.417 e. The highest BCUT2D eigenvalue weighted by molar-refractivity contribution is 6.01. The summed E-state index contributed by atoms with van der Waals surface area (Å²) in [6, 6.07) is 10.5. The Morgan fingerprint density at radius 2 is 1.97 bits per heavy atom. The molecule has 1 fully saturated rings. The molecule has 9 heteroatoms. The van der Waals surface area contributed by atoms with E-state index < -0.39 is 29.5 Å². The van der Waals surface area contributed by atoms with Gasteiger partial charge >= 0.3 is 11.8 Å². The van der Waals surface area contributed by atoms with Gasteiger partial charge in [0.15, 0.2) is 0 Å². The van der Waals surface area contributed by atoms with Gasteiger partial charge in [-0.3, -0.25) is 9.59 Å². The van der Waals surface area contributed by atoms with E-state index in [1.807, 2.05) is 37.3 Å². The van der Waals surface area contributed by atoms with Crippen LogP contribution in [-0.4, -0.2) is 28.1 Å². The zero-order valence-electron chi connectivity index (χ0n) is 16.4. The van der Waals surface area contributed by atoms with Crippen molar-refractivity contribution in [2.75, 3.05) is 5.32 Å². The van der Waals surface area contributed by atoms with Crippen molar-refractivity contribution in [3.05, 3.63) is 77.0 Å². The lowest BCUT2D eigenvalue weighted by Gasteiger charge is -2.16. The molecule has 1 aromatic heterocycles. The summed E-state index contributed by atoms with van der Waals surface area (Å²) < 4.78 is 33.5. The molecule has 5 rings (SSSR count). The number of nitrogens with one attached hydrogen (secondary N) is 2. The molecule has 1 aliphatic heterocycles. The number of fused-ring (bicyclic) bond motifs is 3. The normalized spacial score (nSPS) is 23.9. The van der Waals surface area contributed by atoms with Crippen molar-refractivity contribution < 1.29 is 22.8 Å². The molecule has 3 aromatic rings. The Kier molecular flexibility index (Phi) is 4.53. The summed E-state index contributed by atoms with van der Waals surface area (Å²) in [5.74, 6) is -3.37. The van der Waals surface area contributed by atoms with Crippen molar-refractivity contribution in [2.24, 2.45) is 11.8 Å². The summed E-state index contributed by atoms with van der Waals surface area (Å²) in [4.78, 5) is 25.4. The van der Waals surface area contributed by atoms with Gasteiger partial charge in [-0.25, -0.2) is 8.78 Å². The Balaban J connectivity index is 1.34. The first-order valence-corrected chi connectivity index (χ1v) is 9.89. The first-order chi connectivity index (χ1) is 14.9. The number of hydrogen-bond donors (Lipinski definition) is 2. The quantitative estimate of drug-likeness (QED) is 0.671. The summed E-state index contributed by atoms with van der Waals surface area (Å²) >= 11 is 0. The van der Waals surface area contributed by atoms with Crippen molar-refractivity contribution in [1.29, 1.82) is 0 Å². The van der Waals surface area contributed by atoms with Crippen molar-refractivity contribution in [1.82, 2.24) is 15.5 Å². The summed E-state index contributed by atoms with van der Waals surface area (Å²) in [6.45, 7) is 1.88. The summed E-state index contributed by atoms with van der Waals surface area (Å²) in [5, 5.41) is 12.8. The number of halogens is 2. The Morgan fingerprint density at radius 3 is 2.74 bits per heavy atom. The second kappa shape index (κ2) is 7.26. The maximum Gasteiger partial charge on any atom is 0.309 e. The highest BCUT2D eigenvalue weighted by Crippen LogP contribution is 2.59. The molecule has 2 aliphatic rings. The highest BCUT2D eigenvalue weighted by Gasteiger charge is 2.57. The van der Waals surface area contributed by atoms with E-state index >= 15 is 0 Å². The highest BCUT2D eigenvalue weighted by atomic mass is 19.1. The third kappa shape index (κ3) is 3.45. The zero-order chi connectivity index (χ0) is 21.7. The molecule has 0 saturated heterocycles. The first kappa shape index (κ1) is 19.3. The van der Waals surface area contributed by atoms with E-state index in [2.05, 4.69) is 20.8 Å². The van der Waals surface area contributed by atoms with Crippen molar-refractivity contribution >= 4 is 17.5 Å². The monoisotopic (exact) mass is 424 g/mol. The molecule has 2 unspecified atom stereocenters. The van der Waals surface area contributed by atoms with Crippen LogP contribution >= 0.6 is 0 Å². The van der Waals surface area contributed by atoms with Gasteiger partial charge in [0, 0.05) is 6.07 Å². The van der Waals surface area contributed by atoms with Gasteiger partial charge in [-0.15, -0.1) is 10.2 Å². The minimum Gasteiger partial charge on any atom is -0.417 e. The molecular formula is C22H18F2N4O3. The van der Waals surface area contributed by atoms with Crippen molar-refractivity contribution in [3.8, 4) is 0 Å². The van der Waals surface area contributed by atoms with Gasteiger partial charge in [0.25, 0.3) is 0 Å². The maximum atomic E-state index is 14.3. The number of anilines is 1. The van der Waals surface area contributed by atoms with Crippen molar-refractivity contribution in [2.45, 2.75) is 25.3 Å². The molecule has 2 aromatic carbocycles. The Morgan fingerprint density at radius 1 is 1.19 bits per heavy atom. The van der Waals surface area contributed by atoms with Crippen molar-refractivity contribution in [3.63, 3.8) is 0 Å². The second-order valence-electron chi connectivity index (χ2n) is 7.92. The van der Waals surface area contributed by atoms with Gasteiger partial charge < -0.3 is 15.1 Å². The molecule has 0 bridgehead atoms. The van der Waals surface area contributed by atoms with E-state index in [4.69, 9.17) is 4.42 Å². The number of carbonyl (C=O) groups is 2. The Labute approximate surface area is 175 Å². The van der Waals surface area contributed by atoms with Gasteiger partial charge in [0.1, 0.15) is 17.7 Å². The predicted octanol–water partition coefficient (Wildman–Crippen LogP) is 3.04. The predicted molar refractivity (Wildman–Crippen MR) is 105 cm³/mol. The van der Waals surface area contributed by atoms with Crippen LogP contribution in [0.1, 0.15) is 40.5 Å². The summed E-state index contributed by atoms with van der Waals surface area (Å²) in [7, 11) is 0. The molecule has 1 aliphatic carbocycles. The van der Waals surface area contributed by atoms with E-state index in [9.17, 15) is 18.4 Å². The van der Waals surface area contributed by atoms with E-state index in [1.165, 1.54) is 6.07 Å². The molecular weight excluding hydrogens is 406 g/mol. The molecule has 7 nitrogen and oxygen atoms in total. The van der Waals surface area contributed by atoms with Gasteiger partial charge in [-0.2, -0.15) is 0 Å². The molecule has 2 heterocycles. The number of carbonyl (C=O) groups excluding carboxylic acids is 2. The van der Waals surface area contributed by atoms with Crippen LogP contribution in [0.15, 0.2) is 46.9 Å². The lowest BCUT2D eigenvalue weighted by Crippen LogP contribution is -2.45. The average Bonchev–Trinajstić information content (AvgIpc) is 3.20. The number of aromatic nitrogens is 2. The van der Waals surface area contributed by atoms with Crippen LogP contribution in [-0.2, 0) is 11.2 Å². The third-order valence-corrected chi connectivity index (χ3v) is 5.95.